The maximum atomic E-state index is 10.6. The molecule has 1 N–H and O–H groups in total. The van der Waals surface area contributed by atoms with E-state index in [0.29, 0.717) is 5.30 Å². The molecule has 0 amide bonds. The SMILES string of the molecule is Cc1ccccc1[P+](=O)O.[Ti]. The van der Waals surface area contributed by atoms with E-state index in [-0.39, 0.29) is 21.7 Å². The Morgan fingerprint density at radius 1 is 1.36 bits per heavy atom. The fraction of sp³-hybridized carbons (Fsp3) is 0.143. The molecule has 0 saturated carbocycles. The van der Waals surface area contributed by atoms with Crippen LogP contribution < -0.4 is 5.30 Å². The molecule has 0 spiro atoms. The summed E-state index contributed by atoms with van der Waals surface area (Å²) in [5, 5.41) is 0.525. The predicted octanol–water partition coefficient (Wildman–Crippen LogP) is 1.35. The molecule has 0 saturated heterocycles. The van der Waals surface area contributed by atoms with E-state index in [1.54, 1.807) is 12.1 Å². The standard InChI is InChI=1S/C7H7O2P.Ti/c1-6-4-2-3-5-7(6)10(8)9;/h2-5H,1H3;/p+1. The Morgan fingerprint density at radius 3 is 2.27 bits per heavy atom. The number of hydrogen-bond donors (Lipinski definition) is 1. The Labute approximate surface area is 81.4 Å². The number of aryl methyl sites for hydroxylation is 1. The summed E-state index contributed by atoms with van der Waals surface area (Å²) in [5.74, 6) is 0. The summed E-state index contributed by atoms with van der Waals surface area (Å²) in [6.07, 6.45) is 0. The fourth-order valence-electron chi connectivity index (χ4n) is 0.778. The van der Waals surface area contributed by atoms with Crippen molar-refractivity contribution < 1.29 is 31.2 Å². The first kappa shape index (κ1) is 11.0. The normalized spacial score (nSPS) is 10.2. The van der Waals surface area contributed by atoms with Crippen LogP contribution in [0.5, 0.6) is 0 Å². The van der Waals surface area contributed by atoms with E-state index in [0.717, 1.165) is 5.56 Å². The van der Waals surface area contributed by atoms with E-state index >= 15 is 0 Å². The molecule has 56 valence electrons. The molecule has 0 heterocycles. The minimum atomic E-state index is -2.17. The van der Waals surface area contributed by atoms with Crippen LogP contribution in [0, 0.1) is 6.92 Å². The van der Waals surface area contributed by atoms with E-state index in [1.165, 1.54) is 0 Å². The quantitative estimate of drug-likeness (QED) is 0.552. The van der Waals surface area contributed by atoms with Crippen molar-refractivity contribution in [2.45, 2.75) is 6.92 Å². The van der Waals surface area contributed by atoms with Crippen LogP contribution in [-0.2, 0) is 26.3 Å². The topological polar surface area (TPSA) is 37.3 Å². The molecule has 2 nitrogen and oxygen atoms in total. The van der Waals surface area contributed by atoms with Gasteiger partial charge in [-0.05, 0) is 17.6 Å². The Kier molecular flexibility index (Phi) is 4.79. The van der Waals surface area contributed by atoms with Crippen LogP contribution in [0.25, 0.3) is 0 Å². The molecule has 0 aliphatic rings. The Balaban J connectivity index is 0.000001000. The zero-order valence-corrected chi connectivity index (χ0v) is 8.57. The van der Waals surface area contributed by atoms with Gasteiger partial charge in [-0.1, -0.05) is 18.2 Å². The summed E-state index contributed by atoms with van der Waals surface area (Å²) in [6, 6.07) is 7.08. The molecule has 11 heavy (non-hydrogen) atoms. The van der Waals surface area contributed by atoms with Crippen molar-refractivity contribution in [2.75, 3.05) is 0 Å². The van der Waals surface area contributed by atoms with E-state index in [1.807, 2.05) is 19.1 Å². The first-order valence-corrected chi connectivity index (χ1v) is 4.15. The van der Waals surface area contributed by atoms with Gasteiger partial charge in [-0.3, -0.25) is 0 Å². The molecule has 1 aromatic carbocycles. The van der Waals surface area contributed by atoms with Crippen molar-refractivity contribution in [2.24, 2.45) is 0 Å². The van der Waals surface area contributed by atoms with Crippen molar-refractivity contribution in [3.8, 4) is 0 Å². The molecule has 1 aromatic rings. The molecule has 0 aliphatic heterocycles. The van der Waals surface area contributed by atoms with Gasteiger partial charge in [-0.25, -0.2) is 0 Å². The second-order valence-corrected chi connectivity index (χ2v) is 3.09. The molecule has 1 atom stereocenters. The van der Waals surface area contributed by atoms with E-state index in [9.17, 15) is 4.57 Å². The van der Waals surface area contributed by atoms with Crippen LogP contribution in [0.4, 0.5) is 0 Å². The van der Waals surface area contributed by atoms with E-state index in [4.69, 9.17) is 4.89 Å². The fourth-order valence-corrected chi connectivity index (χ4v) is 1.37. The average Bonchev–Trinajstić information content (AvgIpc) is 1.88. The number of hydrogen-bond acceptors (Lipinski definition) is 1. The van der Waals surface area contributed by atoms with Gasteiger partial charge >= 0.3 is 8.03 Å². The molecule has 1 unspecified atom stereocenters. The minimum absolute atomic E-state index is 0. The van der Waals surface area contributed by atoms with Crippen molar-refractivity contribution in [1.29, 1.82) is 0 Å². The smallest absolute Gasteiger partial charge is 0.156 e. The van der Waals surface area contributed by atoms with Crippen molar-refractivity contribution in [3.05, 3.63) is 29.8 Å². The summed E-state index contributed by atoms with van der Waals surface area (Å²) in [7, 11) is -2.17. The maximum absolute atomic E-state index is 10.6. The summed E-state index contributed by atoms with van der Waals surface area (Å²) in [6.45, 7) is 1.82. The molecule has 4 heteroatoms. The Hall–Kier alpha value is -0.00571. The third-order valence-electron chi connectivity index (χ3n) is 1.32. The van der Waals surface area contributed by atoms with Gasteiger partial charge in [0.15, 0.2) is 0 Å². The number of benzene rings is 1. The molecular weight excluding hydrogens is 195 g/mol. The van der Waals surface area contributed by atoms with Gasteiger partial charge in [0.1, 0.15) is 0 Å². The van der Waals surface area contributed by atoms with Gasteiger partial charge < -0.3 is 0 Å². The average molecular weight is 203 g/mol. The summed E-state index contributed by atoms with van der Waals surface area (Å²) < 4.78 is 10.6. The van der Waals surface area contributed by atoms with Crippen LogP contribution in [0.3, 0.4) is 0 Å². The van der Waals surface area contributed by atoms with Crippen LogP contribution in [0.1, 0.15) is 5.56 Å². The predicted molar refractivity (Wildman–Crippen MR) is 40.6 cm³/mol. The molecule has 0 aromatic heterocycles. The monoisotopic (exact) mass is 203 g/mol. The van der Waals surface area contributed by atoms with E-state index < -0.39 is 8.03 Å². The molecule has 0 aliphatic carbocycles. The zero-order chi connectivity index (χ0) is 7.56. The largest absolute Gasteiger partial charge is 0.546 e. The van der Waals surface area contributed by atoms with Crippen molar-refractivity contribution >= 4 is 13.3 Å². The molecule has 0 bridgehead atoms. The van der Waals surface area contributed by atoms with Crippen molar-refractivity contribution in [1.82, 2.24) is 0 Å². The van der Waals surface area contributed by atoms with Gasteiger partial charge in [-0.2, -0.15) is 4.89 Å². The van der Waals surface area contributed by atoms with Gasteiger partial charge in [0.2, 0.25) is 5.30 Å². The summed E-state index contributed by atoms with van der Waals surface area (Å²) >= 11 is 0. The van der Waals surface area contributed by atoms with Crippen molar-refractivity contribution in [3.63, 3.8) is 0 Å². The van der Waals surface area contributed by atoms with Gasteiger partial charge in [0, 0.05) is 27.3 Å². The Morgan fingerprint density at radius 2 is 1.91 bits per heavy atom. The van der Waals surface area contributed by atoms with Crippen LogP contribution in [-0.4, -0.2) is 4.89 Å². The summed E-state index contributed by atoms with van der Waals surface area (Å²) in [4.78, 5) is 8.71. The first-order chi connectivity index (χ1) is 4.72. The van der Waals surface area contributed by atoms with Gasteiger partial charge in [-0.15, -0.1) is 0 Å². The maximum Gasteiger partial charge on any atom is 0.546 e. The van der Waals surface area contributed by atoms with E-state index in [2.05, 4.69) is 0 Å². The first-order valence-electron chi connectivity index (χ1n) is 2.93. The Bertz CT molecular complexity index is 262. The second-order valence-electron chi connectivity index (χ2n) is 2.06. The molecule has 0 radical (unpaired) electrons. The molecule has 1 rings (SSSR count). The third-order valence-corrected chi connectivity index (χ3v) is 2.24. The number of rotatable bonds is 1. The van der Waals surface area contributed by atoms with Crippen LogP contribution in [0.2, 0.25) is 0 Å². The van der Waals surface area contributed by atoms with Crippen LogP contribution >= 0.6 is 8.03 Å². The molecule has 0 fully saturated rings. The zero-order valence-electron chi connectivity index (χ0n) is 6.11. The summed E-state index contributed by atoms with van der Waals surface area (Å²) in [5.41, 5.74) is 0.867. The van der Waals surface area contributed by atoms with Crippen LogP contribution in [0.15, 0.2) is 24.3 Å². The third kappa shape index (κ3) is 2.84. The van der Waals surface area contributed by atoms with Gasteiger partial charge in [0.25, 0.3) is 0 Å². The second kappa shape index (κ2) is 4.79. The minimum Gasteiger partial charge on any atom is -0.156 e. The molecular formula is C7H8O2PTi+. The van der Waals surface area contributed by atoms with Gasteiger partial charge in [0.05, 0.1) is 0 Å².